The molecule has 0 fully saturated rings. The Morgan fingerprint density at radius 1 is 1.47 bits per heavy atom. The summed E-state index contributed by atoms with van der Waals surface area (Å²) in [5.74, 6) is 4.19. The molecule has 7 nitrogen and oxygen atoms in total. The van der Waals surface area contributed by atoms with Crippen molar-refractivity contribution in [2.45, 2.75) is 13.0 Å². The molecule has 0 saturated heterocycles. The van der Waals surface area contributed by atoms with Crippen molar-refractivity contribution in [2.24, 2.45) is 11.6 Å². The van der Waals surface area contributed by atoms with Crippen molar-refractivity contribution in [2.75, 3.05) is 5.43 Å². The van der Waals surface area contributed by atoms with Crippen LogP contribution in [-0.4, -0.2) is 22.8 Å². The van der Waals surface area contributed by atoms with E-state index in [4.69, 9.17) is 23.2 Å². The van der Waals surface area contributed by atoms with Crippen LogP contribution in [0.1, 0.15) is 17.4 Å². The Morgan fingerprint density at radius 3 is 2.65 bits per heavy atom. The van der Waals surface area contributed by atoms with Gasteiger partial charge in [-0.3, -0.25) is 9.59 Å². The molecule has 2 amide bonds. The number of amides is 2. The second-order valence-electron chi connectivity index (χ2n) is 3.27. The molecular formula is C9H12ClN5O2. The Balaban J connectivity index is 2.91. The van der Waals surface area contributed by atoms with Gasteiger partial charge in [0, 0.05) is 0 Å². The standard InChI is InChI=1S/C9H12ClN5O2/c1-4(8(11)16)13-9(17)7-5(10)2-3-6(14-7)15-12/h2-4H,12H2,1H3,(H2,11,16)(H,13,17)(H,14,15). The lowest BCUT2D eigenvalue weighted by molar-refractivity contribution is -0.119. The van der Waals surface area contributed by atoms with Crippen LogP contribution in [0.25, 0.3) is 0 Å². The summed E-state index contributed by atoms with van der Waals surface area (Å²) in [6, 6.07) is 2.17. The molecule has 1 heterocycles. The molecule has 1 unspecified atom stereocenters. The summed E-state index contributed by atoms with van der Waals surface area (Å²) in [4.78, 5) is 26.4. The van der Waals surface area contributed by atoms with Crippen LogP contribution >= 0.6 is 11.6 Å². The Bertz CT molecular complexity index is 451. The van der Waals surface area contributed by atoms with Gasteiger partial charge in [0.2, 0.25) is 5.91 Å². The molecule has 0 aliphatic rings. The molecule has 6 N–H and O–H groups in total. The van der Waals surface area contributed by atoms with Crippen molar-refractivity contribution in [3.05, 3.63) is 22.8 Å². The molecule has 0 aromatic carbocycles. The molecule has 1 aromatic heterocycles. The van der Waals surface area contributed by atoms with E-state index in [-0.39, 0.29) is 16.5 Å². The van der Waals surface area contributed by atoms with Gasteiger partial charge >= 0.3 is 0 Å². The minimum atomic E-state index is -0.810. The molecule has 0 spiro atoms. The van der Waals surface area contributed by atoms with Gasteiger partial charge < -0.3 is 16.5 Å². The largest absolute Gasteiger partial charge is 0.368 e. The fourth-order valence-corrected chi connectivity index (χ4v) is 1.21. The fourth-order valence-electron chi connectivity index (χ4n) is 1.02. The summed E-state index contributed by atoms with van der Waals surface area (Å²) in [5.41, 5.74) is 7.27. The zero-order chi connectivity index (χ0) is 13.0. The van der Waals surface area contributed by atoms with E-state index in [0.717, 1.165) is 0 Å². The Morgan fingerprint density at radius 2 is 2.12 bits per heavy atom. The van der Waals surface area contributed by atoms with Crippen LogP contribution in [0, 0.1) is 0 Å². The monoisotopic (exact) mass is 257 g/mol. The molecule has 1 atom stereocenters. The number of hydrazine groups is 1. The van der Waals surface area contributed by atoms with Crippen LogP contribution in [0.2, 0.25) is 5.02 Å². The maximum atomic E-state index is 11.7. The number of carbonyl (C=O) groups excluding carboxylic acids is 2. The second-order valence-corrected chi connectivity index (χ2v) is 3.68. The lowest BCUT2D eigenvalue weighted by Gasteiger charge is -2.11. The van der Waals surface area contributed by atoms with E-state index < -0.39 is 17.9 Å². The van der Waals surface area contributed by atoms with Crippen LogP contribution < -0.4 is 22.3 Å². The van der Waals surface area contributed by atoms with Crippen molar-refractivity contribution >= 4 is 29.2 Å². The number of nitrogen functional groups attached to an aromatic ring is 1. The second kappa shape index (κ2) is 5.46. The number of halogens is 1. The molecule has 1 rings (SSSR count). The molecular weight excluding hydrogens is 246 g/mol. The molecule has 8 heteroatoms. The topological polar surface area (TPSA) is 123 Å². The number of nitrogens with two attached hydrogens (primary N) is 2. The highest BCUT2D eigenvalue weighted by Crippen LogP contribution is 2.16. The highest BCUT2D eigenvalue weighted by molar-refractivity contribution is 6.33. The molecule has 0 saturated carbocycles. The number of hydrogen-bond donors (Lipinski definition) is 4. The molecule has 0 radical (unpaired) electrons. The average Bonchev–Trinajstić information content (AvgIpc) is 2.29. The molecule has 17 heavy (non-hydrogen) atoms. The summed E-state index contributed by atoms with van der Waals surface area (Å²) < 4.78 is 0. The Hall–Kier alpha value is -1.86. The molecule has 0 bridgehead atoms. The van der Waals surface area contributed by atoms with Gasteiger partial charge in [-0.1, -0.05) is 11.6 Å². The van der Waals surface area contributed by atoms with Crippen LogP contribution in [0.4, 0.5) is 5.82 Å². The third kappa shape index (κ3) is 3.30. The first-order valence-corrected chi connectivity index (χ1v) is 5.07. The van der Waals surface area contributed by atoms with Crippen LogP contribution in [0.3, 0.4) is 0 Å². The first kappa shape index (κ1) is 13.2. The van der Waals surface area contributed by atoms with E-state index in [9.17, 15) is 9.59 Å². The first-order valence-electron chi connectivity index (χ1n) is 4.69. The van der Waals surface area contributed by atoms with Crippen molar-refractivity contribution in [3.63, 3.8) is 0 Å². The van der Waals surface area contributed by atoms with Crippen molar-refractivity contribution in [1.29, 1.82) is 0 Å². The predicted molar refractivity (Wildman–Crippen MR) is 63.2 cm³/mol. The van der Waals surface area contributed by atoms with Gasteiger partial charge in [0.1, 0.15) is 17.6 Å². The van der Waals surface area contributed by atoms with Gasteiger partial charge in [0.15, 0.2) is 0 Å². The van der Waals surface area contributed by atoms with Gasteiger partial charge in [0.25, 0.3) is 5.91 Å². The fraction of sp³-hybridized carbons (Fsp3) is 0.222. The lowest BCUT2D eigenvalue weighted by Crippen LogP contribution is -2.42. The SMILES string of the molecule is CC(NC(=O)c1nc(NN)ccc1Cl)C(N)=O. The Kier molecular flexibility index (Phi) is 4.24. The van der Waals surface area contributed by atoms with Gasteiger partial charge in [0.05, 0.1) is 5.02 Å². The van der Waals surface area contributed by atoms with Crippen LogP contribution in [0.15, 0.2) is 12.1 Å². The number of hydrogen-bond acceptors (Lipinski definition) is 5. The number of nitrogens with zero attached hydrogens (tertiary/aromatic N) is 1. The lowest BCUT2D eigenvalue weighted by atomic mass is 10.2. The van der Waals surface area contributed by atoms with E-state index in [1.54, 1.807) is 0 Å². The molecule has 0 aliphatic carbocycles. The Labute approximate surface area is 102 Å². The van der Waals surface area contributed by atoms with E-state index >= 15 is 0 Å². The number of primary amides is 1. The van der Waals surface area contributed by atoms with Crippen LogP contribution in [0.5, 0.6) is 0 Å². The molecule has 1 aromatic rings. The van der Waals surface area contributed by atoms with E-state index in [1.807, 2.05) is 0 Å². The number of aromatic nitrogens is 1. The quantitative estimate of drug-likeness (QED) is 0.433. The highest BCUT2D eigenvalue weighted by Gasteiger charge is 2.17. The number of carbonyl (C=O) groups is 2. The normalized spacial score (nSPS) is 11.7. The summed E-state index contributed by atoms with van der Waals surface area (Å²) in [6.07, 6.45) is 0. The summed E-state index contributed by atoms with van der Waals surface area (Å²) in [7, 11) is 0. The minimum Gasteiger partial charge on any atom is -0.368 e. The van der Waals surface area contributed by atoms with Crippen molar-refractivity contribution in [3.8, 4) is 0 Å². The maximum Gasteiger partial charge on any atom is 0.272 e. The number of pyridine rings is 1. The van der Waals surface area contributed by atoms with E-state index in [1.165, 1.54) is 19.1 Å². The van der Waals surface area contributed by atoms with Gasteiger partial charge in [-0.15, -0.1) is 0 Å². The smallest absolute Gasteiger partial charge is 0.272 e. The zero-order valence-corrected chi connectivity index (χ0v) is 9.78. The molecule has 92 valence electrons. The highest BCUT2D eigenvalue weighted by atomic mass is 35.5. The van der Waals surface area contributed by atoms with Crippen LogP contribution in [-0.2, 0) is 4.79 Å². The van der Waals surface area contributed by atoms with Crippen molar-refractivity contribution < 1.29 is 9.59 Å². The predicted octanol–water partition coefficient (Wildman–Crippen LogP) is -0.376. The van der Waals surface area contributed by atoms with Gasteiger partial charge in [-0.2, -0.15) is 0 Å². The van der Waals surface area contributed by atoms with E-state index in [2.05, 4.69) is 15.7 Å². The number of nitrogens with one attached hydrogen (secondary N) is 2. The van der Waals surface area contributed by atoms with Gasteiger partial charge in [-0.05, 0) is 19.1 Å². The number of anilines is 1. The first-order chi connectivity index (χ1) is 7.95. The summed E-state index contributed by atoms with van der Waals surface area (Å²) >= 11 is 5.80. The third-order valence-corrected chi connectivity index (χ3v) is 2.29. The molecule has 0 aliphatic heterocycles. The summed E-state index contributed by atoms with van der Waals surface area (Å²) in [5, 5.41) is 2.51. The number of rotatable bonds is 4. The zero-order valence-electron chi connectivity index (χ0n) is 9.03. The summed E-state index contributed by atoms with van der Waals surface area (Å²) in [6.45, 7) is 1.46. The van der Waals surface area contributed by atoms with E-state index in [0.29, 0.717) is 0 Å². The van der Waals surface area contributed by atoms with Crippen molar-refractivity contribution in [1.82, 2.24) is 10.3 Å². The third-order valence-electron chi connectivity index (χ3n) is 1.98. The maximum absolute atomic E-state index is 11.7. The average molecular weight is 258 g/mol. The van der Waals surface area contributed by atoms with Gasteiger partial charge in [-0.25, -0.2) is 10.8 Å². The minimum absolute atomic E-state index is 0.0322.